The van der Waals surface area contributed by atoms with Gasteiger partial charge in [0.25, 0.3) is 0 Å². The number of hydrogen-bond acceptors (Lipinski definition) is 10. The molecule has 0 saturated carbocycles. The van der Waals surface area contributed by atoms with Crippen LogP contribution in [0, 0.1) is 5.92 Å². The zero-order chi connectivity index (χ0) is 39.4. The molecule has 53 heavy (non-hydrogen) atoms. The monoisotopic (exact) mass is 772 g/mol. The van der Waals surface area contributed by atoms with Crippen molar-refractivity contribution < 1.29 is 52.9 Å². The molecule has 0 aliphatic rings. The minimum Gasteiger partial charge on any atom is -0.462 e. The predicted octanol–water partition coefficient (Wildman–Crippen LogP) is 8.99. The fraction of sp³-hybridized carbons (Fsp3) is 0.756. The summed E-state index contributed by atoms with van der Waals surface area (Å²) in [4.78, 5) is 34.8. The summed E-state index contributed by atoms with van der Waals surface area (Å²) >= 11 is 0. The quantitative estimate of drug-likeness (QED) is 0.0208. The van der Waals surface area contributed by atoms with Gasteiger partial charge in [-0.15, -0.1) is 0 Å². The first kappa shape index (κ1) is 50.9. The highest BCUT2D eigenvalue weighted by Crippen LogP contribution is 2.43. The highest BCUT2D eigenvalue weighted by molar-refractivity contribution is 7.47. The van der Waals surface area contributed by atoms with E-state index in [0.29, 0.717) is 19.3 Å². The van der Waals surface area contributed by atoms with Gasteiger partial charge in [0.1, 0.15) is 12.7 Å². The average Bonchev–Trinajstić information content (AvgIpc) is 3.12. The lowest BCUT2D eigenvalue weighted by Crippen LogP contribution is -2.29. The third kappa shape index (κ3) is 36.6. The Morgan fingerprint density at radius 1 is 0.660 bits per heavy atom. The van der Waals surface area contributed by atoms with Gasteiger partial charge in [0, 0.05) is 12.8 Å². The number of unbranched alkanes of at least 4 members (excludes halogenated alkanes) is 10. The van der Waals surface area contributed by atoms with Gasteiger partial charge in [0.2, 0.25) is 0 Å². The molecule has 11 nitrogen and oxygen atoms in total. The maximum absolute atomic E-state index is 12.5. The van der Waals surface area contributed by atoms with Crippen LogP contribution in [0.3, 0.4) is 0 Å². The van der Waals surface area contributed by atoms with Gasteiger partial charge in [-0.25, -0.2) is 4.57 Å². The first-order valence-electron chi connectivity index (χ1n) is 20.0. The first-order valence-corrected chi connectivity index (χ1v) is 21.5. The van der Waals surface area contributed by atoms with Gasteiger partial charge in [-0.1, -0.05) is 140 Å². The van der Waals surface area contributed by atoms with E-state index in [1.54, 1.807) is 0 Å². The molecular formula is C41H73O11P. The van der Waals surface area contributed by atoms with Gasteiger partial charge >= 0.3 is 19.8 Å². The third-order valence-electron chi connectivity index (χ3n) is 8.23. The number of rotatable bonds is 36. The molecule has 0 aromatic carbocycles. The smallest absolute Gasteiger partial charge is 0.462 e. The molecule has 4 atom stereocenters. The minimum absolute atomic E-state index is 0.148. The van der Waals surface area contributed by atoms with Crippen LogP contribution in [0.25, 0.3) is 0 Å². The molecule has 0 heterocycles. The second kappa shape index (κ2) is 35.6. The Labute approximate surface area is 320 Å². The van der Waals surface area contributed by atoms with Gasteiger partial charge in [0.15, 0.2) is 6.10 Å². The zero-order valence-electron chi connectivity index (χ0n) is 33.0. The maximum atomic E-state index is 12.5. The van der Waals surface area contributed by atoms with E-state index in [4.69, 9.17) is 19.1 Å². The second-order valence-corrected chi connectivity index (χ2v) is 15.4. The van der Waals surface area contributed by atoms with Crippen LogP contribution in [0.4, 0.5) is 0 Å². The Hall–Kier alpha value is -2.11. The Kier molecular flexibility index (Phi) is 34.2. The van der Waals surface area contributed by atoms with Gasteiger partial charge in [0.05, 0.1) is 25.9 Å². The van der Waals surface area contributed by atoms with Crippen LogP contribution in [0.5, 0.6) is 0 Å². The Balaban J connectivity index is 4.46. The molecule has 0 aliphatic heterocycles. The van der Waals surface area contributed by atoms with Gasteiger partial charge in [-0.05, 0) is 50.9 Å². The molecule has 0 aliphatic carbocycles. The maximum Gasteiger partial charge on any atom is 0.472 e. The minimum atomic E-state index is -4.63. The molecule has 308 valence electrons. The molecule has 0 amide bonds. The van der Waals surface area contributed by atoms with Crippen molar-refractivity contribution in [1.82, 2.24) is 0 Å². The molecule has 0 bridgehead atoms. The van der Waals surface area contributed by atoms with Crippen LogP contribution in [0.2, 0.25) is 0 Å². The van der Waals surface area contributed by atoms with E-state index in [2.05, 4.69) is 49.6 Å². The number of aliphatic hydroxyl groups excluding tert-OH is 3. The first-order chi connectivity index (χ1) is 25.5. The molecule has 0 spiro atoms. The van der Waals surface area contributed by atoms with Crippen molar-refractivity contribution in [3.05, 3.63) is 48.6 Å². The molecule has 12 heteroatoms. The number of carbonyl (C=O) groups is 2. The highest BCUT2D eigenvalue weighted by atomic mass is 31.2. The number of hydrogen-bond donors (Lipinski definition) is 4. The summed E-state index contributed by atoms with van der Waals surface area (Å²) in [7, 11) is -4.63. The van der Waals surface area contributed by atoms with Crippen molar-refractivity contribution in [2.45, 2.75) is 167 Å². The average molecular weight is 773 g/mol. The topological polar surface area (TPSA) is 169 Å². The second-order valence-electron chi connectivity index (χ2n) is 14.0. The summed E-state index contributed by atoms with van der Waals surface area (Å²) in [5.41, 5.74) is 0. The summed E-state index contributed by atoms with van der Waals surface area (Å²) in [5.74, 6) is -0.253. The third-order valence-corrected chi connectivity index (χ3v) is 9.19. The van der Waals surface area contributed by atoms with Gasteiger partial charge in [-0.2, -0.15) is 0 Å². The Bertz CT molecular complexity index is 1060. The molecule has 0 radical (unpaired) electrons. The highest BCUT2D eigenvalue weighted by Gasteiger charge is 2.27. The summed E-state index contributed by atoms with van der Waals surface area (Å²) in [5, 5.41) is 28.1. The van der Waals surface area contributed by atoms with Crippen molar-refractivity contribution in [1.29, 1.82) is 0 Å². The number of carbonyl (C=O) groups excluding carboxylic acids is 2. The van der Waals surface area contributed by atoms with Crippen LogP contribution < -0.4 is 0 Å². The van der Waals surface area contributed by atoms with E-state index in [-0.39, 0.29) is 25.6 Å². The van der Waals surface area contributed by atoms with E-state index in [1.165, 1.54) is 38.5 Å². The normalized spacial score (nSPS) is 15.2. The van der Waals surface area contributed by atoms with E-state index in [9.17, 15) is 29.3 Å². The Morgan fingerprint density at radius 2 is 1.21 bits per heavy atom. The summed E-state index contributed by atoms with van der Waals surface area (Å²) in [6.45, 7) is 4.41. The van der Waals surface area contributed by atoms with Crippen molar-refractivity contribution in [2.75, 3.05) is 26.4 Å². The number of ether oxygens (including phenoxy) is 2. The number of aliphatic hydroxyl groups is 3. The van der Waals surface area contributed by atoms with Crippen molar-refractivity contribution in [2.24, 2.45) is 5.92 Å². The molecular weight excluding hydrogens is 699 g/mol. The lowest BCUT2D eigenvalue weighted by atomic mass is 10.0. The fourth-order valence-electron chi connectivity index (χ4n) is 5.07. The molecule has 1 unspecified atom stereocenters. The van der Waals surface area contributed by atoms with Crippen LogP contribution in [0.15, 0.2) is 48.6 Å². The van der Waals surface area contributed by atoms with Crippen LogP contribution in [0.1, 0.15) is 149 Å². The lowest BCUT2D eigenvalue weighted by molar-refractivity contribution is -0.161. The molecule has 0 rings (SSSR count). The van der Waals surface area contributed by atoms with Crippen molar-refractivity contribution >= 4 is 19.8 Å². The summed E-state index contributed by atoms with van der Waals surface area (Å²) in [6, 6.07) is 0. The fourth-order valence-corrected chi connectivity index (χ4v) is 5.86. The number of phosphoric acid groups is 1. The van der Waals surface area contributed by atoms with E-state index >= 15 is 0 Å². The number of esters is 2. The zero-order valence-corrected chi connectivity index (χ0v) is 33.9. The standard InChI is InChI=1S/C41H73O11P/c1-4-5-28-37(43)29-24-20-16-12-8-6-7-9-13-17-21-25-30-40(45)49-34-39(35-51-53(47,48)50-33-38(44)32-42)52-41(46)31-26-22-18-14-10-11-15-19-23-27-36(2)3/h6-7,12-13,16-17,24,29,36-39,42-44H,4-5,8-11,14-15,18-23,25-28,30-35H2,1-3H3,(H,47,48)/b7-6-,16-12-,17-13-,29-24-/t37-,38-,39+/m0/s1. The van der Waals surface area contributed by atoms with Crippen LogP contribution in [-0.4, -0.2) is 76.9 Å². The van der Waals surface area contributed by atoms with E-state index in [1.807, 2.05) is 24.3 Å². The van der Waals surface area contributed by atoms with E-state index in [0.717, 1.165) is 63.7 Å². The molecule has 0 saturated heterocycles. The van der Waals surface area contributed by atoms with Crippen molar-refractivity contribution in [3.8, 4) is 0 Å². The molecule has 4 N–H and O–H groups in total. The van der Waals surface area contributed by atoms with Gasteiger partial charge < -0.3 is 29.7 Å². The Morgan fingerprint density at radius 3 is 1.81 bits per heavy atom. The van der Waals surface area contributed by atoms with Gasteiger partial charge in [-0.3, -0.25) is 18.6 Å². The lowest BCUT2D eigenvalue weighted by Gasteiger charge is -2.20. The molecule has 0 aromatic heterocycles. The molecule has 0 aromatic rings. The van der Waals surface area contributed by atoms with Crippen molar-refractivity contribution in [3.63, 3.8) is 0 Å². The SMILES string of the molecule is CCCC[C@H](O)/C=C\C/C=C\C/C=C\C/C=C\CCCC(=O)OC[C@H](COP(=O)(O)OC[C@@H](O)CO)OC(=O)CCCCCCCCCCCC(C)C. The van der Waals surface area contributed by atoms with Crippen LogP contribution >= 0.6 is 7.82 Å². The summed E-state index contributed by atoms with van der Waals surface area (Å²) < 4.78 is 32.5. The molecule has 0 fully saturated rings. The van der Waals surface area contributed by atoms with Crippen LogP contribution in [-0.2, 0) is 32.7 Å². The summed E-state index contributed by atoms with van der Waals surface area (Å²) in [6.07, 6.45) is 31.5. The number of phosphoric ester groups is 1. The number of allylic oxidation sites excluding steroid dienone is 7. The van der Waals surface area contributed by atoms with E-state index < -0.39 is 51.8 Å². The largest absolute Gasteiger partial charge is 0.472 e. The predicted molar refractivity (Wildman–Crippen MR) is 211 cm³/mol.